The zero-order valence-electron chi connectivity index (χ0n) is 11.0. The normalized spacial score (nSPS) is 30.6. The van der Waals surface area contributed by atoms with E-state index in [1.807, 2.05) is 0 Å². The zero-order valence-corrected chi connectivity index (χ0v) is 11.8. The van der Waals surface area contributed by atoms with Gasteiger partial charge >= 0.3 is 12.0 Å². The Bertz CT molecular complexity index is 353. The molecular weight excluding hydrogens is 268 g/mol. The fourth-order valence-corrected chi connectivity index (χ4v) is 3.69. The Hall–Kier alpha value is -0.950. The molecule has 2 rings (SSSR count). The summed E-state index contributed by atoms with van der Waals surface area (Å²) in [7, 11) is 0. The van der Waals surface area contributed by atoms with Crippen molar-refractivity contribution in [2.75, 3.05) is 24.8 Å². The second kappa shape index (κ2) is 6.47. The summed E-state index contributed by atoms with van der Waals surface area (Å²) in [5.74, 6) is 0.317. The molecule has 19 heavy (non-hydrogen) atoms. The average Bonchev–Trinajstić information content (AvgIpc) is 3.04. The molecule has 0 saturated carbocycles. The van der Waals surface area contributed by atoms with Gasteiger partial charge in [0, 0.05) is 24.8 Å². The van der Waals surface area contributed by atoms with E-state index < -0.39 is 12.0 Å². The van der Waals surface area contributed by atoms with Crippen LogP contribution in [0, 0.1) is 5.92 Å². The minimum Gasteiger partial charge on any atom is -0.480 e. The van der Waals surface area contributed by atoms with Crippen LogP contribution in [0.4, 0.5) is 4.79 Å². The van der Waals surface area contributed by atoms with Crippen molar-refractivity contribution < 1.29 is 19.4 Å². The monoisotopic (exact) mass is 288 g/mol. The van der Waals surface area contributed by atoms with Gasteiger partial charge in [-0.05, 0) is 12.8 Å². The third-order valence-corrected chi connectivity index (χ3v) is 4.70. The van der Waals surface area contributed by atoms with Crippen LogP contribution >= 0.6 is 11.8 Å². The summed E-state index contributed by atoms with van der Waals surface area (Å²) >= 11 is 1.47. The molecule has 2 heterocycles. The largest absolute Gasteiger partial charge is 0.480 e. The number of thioether (sulfide) groups is 1. The van der Waals surface area contributed by atoms with E-state index in [0.717, 1.165) is 19.4 Å². The van der Waals surface area contributed by atoms with Gasteiger partial charge < -0.3 is 20.1 Å². The Labute approximate surface area is 116 Å². The summed E-state index contributed by atoms with van der Waals surface area (Å²) in [5, 5.41) is 11.9. The molecule has 0 aromatic carbocycles. The lowest BCUT2D eigenvalue weighted by Gasteiger charge is -2.23. The van der Waals surface area contributed by atoms with Crippen LogP contribution in [-0.4, -0.2) is 58.9 Å². The van der Waals surface area contributed by atoms with Gasteiger partial charge in [0.2, 0.25) is 0 Å². The van der Waals surface area contributed by atoms with E-state index in [1.165, 1.54) is 16.7 Å². The Morgan fingerprint density at radius 1 is 1.53 bits per heavy atom. The van der Waals surface area contributed by atoms with Gasteiger partial charge in [-0.3, -0.25) is 0 Å². The molecule has 2 amide bonds. The fraction of sp³-hybridized carbons (Fsp3) is 0.833. The second-order valence-electron chi connectivity index (χ2n) is 4.88. The van der Waals surface area contributed by atoms with Gasteiger partial charge in [0.1, 0.15) is 6.04 Å². The molecule has 3 unspecified atom stereocenters. The van der Waals surface area contributed by atoms with E-state index in [9.17, 15) is 9.59 Å². The second-order valence-corrected chi connectivity index (χ2v) is 5.88. The number of nitrogens with one attached hydrogen (secondary N) is 1. The van der Waals surface area contributed by atoms with Crippen LogP contribution in [0.3, 0.4) is 0 Å². The van der Waals surface area contributed by atoms with E-state index in [4.69, 9.17) is 9.84 Å². The lowest BCUT2D eigenvalue weighted by Crippen LogP contribution is -2.48. The zero-order chi connectivity index (χ0) is 13.8. The summed E-state index contributed by atoms with van der Waals surface area (Å²) in [6.07, 6.45) is 2.11. The molecule has 0 radical (unpaired) electrons. The van der Waals surface area contributed by atoms with Gasteiger partial charge in [-0.15, -0.1) is 11.8 Å². The molecule has 108 valence electrons. The number of carbonyl (C=O) groups excluding carboxylic acids is 1. The van der Waals surface area contributed by atoms with Gasteiger partial charge in [-0.25, -0.2) is 9.59 Å². The number of carboxylic acids is 1. The van der Waals surface area contributed by atoms with Crippen LogP contribution in [0.1, 0.15) is 19.8 Å². The first kappa shape index (κ1) is 14.5. The van der Waals surface area contributed by atoms with E-state index in [2.05, 4.69) is 12.2 Å². The maximum atomic E-state index is 12.0. The topological polar surface area (TPSA) is 78.9 Å². The molecule has 7 heteroatoms. The predicted molar refractivity (Wildman–Crippen MR) is 72.1 cm³/mol. The quantitative estimate of drug-likeness (QED) is 0.806. The minimum absolute atomic E-state index is 0.212. The number of carbonyl (C=O) groups is 2. The minimum atomic E-state index is -0.934. The van der Waals surface area contributed by atoms with Gasteiger partial charge in [-0.2, -0.15) is 0 Å². The van der Waals surface area contributed by atoms with Crippen molar-refractivity contribution in [3.05, 3.63) is 0 Å². The number of rotatable bonds is 4. The average molecular weight is 288 g/mol. The fourth-order valence-electron chi connectivity index (χ4n) is 2.54. The molecule has 2 aliphatic heterocycles. The highest BCUT2D eigenvalue weighted by Gasteiger charge is 2.35. The first-order valence-corrected chi connectivity index (χ1v) is 7.75. The molecular formula is C12H20N2O4S. The highest BCUT2D eigenvalue weighted by Crippen LogP contribution is 2.24. The molecule has 0 aromatic rings. The van der Waals surface area contributed by atoms with Gasteiger partial charge in [0.25, 0.3) is 0 Å². The Kier molecular flexibility index (Phi) is 4.93. The van der Waals surface area contributed by atoms with Crippen molar-refractivity contribution in [2.45, 2.75) is 31.9 Å². The number of hydrogen-bond acceptors (Lipinski definition) is 4. The van der Waals surface area contributed by atoms with Crippen molar-refractivity contribution in [3.8, 4) is 0 Å². The molecule has 2 saturated heterocycles. The first-order valence-electron chi connectivity index (χ1n) is 6.60. The summed E-state index contributed by atoms with van der Waals surface area (Å²) in [5.41, 5.74) is 0. The third-order valence-electron chi connectivity index (χ3n) is 3.69. The maximum absolute atomic E-state index is 12.0. The molecule has 2 N–H and O–H groups in total. The highest BCUT2D eigenvalue weighted by molar-refractivity contribution is 7.99. The van der Waals surface area contributed by atoms with E-state index >= 15 is 0 Å². The van der Waals surface area contributed by atoms with Crippen molar-refractivity contribution in [1.82, 2.24) is 10.2 Å². The predicted octanol–water partition coefficient (Wildman–Crippen LogP) is 0.971. The number of ether oxygens (including phenoxy) is 1. The van der Waals surface area contributed by atoms with Crippen molar-refractivity contribution in [1.29, 1.82) is 0 Å². The SMILES string of the molecule is CCC1OCCC1CNC(=O)N1CSCC1C(=O)O. The van der Waals surface area contributed by atoms with Crippen LogP contribution in [0.5, 0.6) is 0 Å². The molecule has 6 nitrogen and oxygen atoms in total. The number of carboxylic acid groups (broad SMARTS) is 1. The van der Waals surface area contributed by atoms with E-state index in [-0.39, 0.29) is 12.1 Å². The smallest absolute Gasteiger partial charge is 0.327 e. The van der Waals surface area contributed by atoms with Crippen molar-refractivity contribution >= 4 is 23.8 Å². The molecule has 3 atom stereocenters. The molecule has 0 spiro atoms. The van der Waals surface area contributed by atoms with Crippen LogP contribution in [-0.2, 0) is 9.53 Å². The Morgan fingerprint density at radius 3 is 3.00 bits per heavy atom. The van der Waals surface area contributed by atoms with Gasteiger partial charge in [0.15, 0.2) is 0 Å². The van der Waals surface area contributed by atoms with E-state index in [0.29, 0.717) is 24.1 Å². The Balaban J connectivity index is 1.82. The Morgan fingerprint density at radius 2 is 2.32 bits per heavy atom. The number of aliphatic carboxylic acids is 1. The molecule has 0 aliphatic carbocycles. The molecule has 2 fully saturated rings. The van der Waals surface area contributed by atoms with Gasteiger partial charge in [-0.1, -0.05) is 6.92 Å². The lowest BCUT2D eigenvalue weighted by molar-refractivity contribution is -0.140. The molecule has 0 aromatic heterocycles. The van der Waals surface area contributed by atoms with Crippen LogP contribution in [0.15, 0.2) is 0 Å². The van der Waals surface area contributed by atoms with Crippen LogP contribution in [0.25, 0.3) is 0 Å². The summed E-state index contributed by atoms with van der Waals surface area (Å²) < 4.78 is 5.57. The summed E-state index contributed by atoms with van der Waals surface area (Å²) in [6, 6.07) is -0.981. The van der Waals surface area contributed by atoms with Crippen LogP contribution in [0.2, 0.25) is 0 Å². The molecule has 0 bridgehead atoms. The standard InChI is InChI=1S/C12H20N2O4S/c1-2-10-8(3-4-18-10)5-13-12(17)14-7-19-6-9(14)11(15)16/h8-10H,2-7H2,1H3,(H,13,17)(H,15,16). The summed E-state index contributed by atoms with van der Waals surface area (Å²) in [6.45, 7) is 3.38. The number of hydrogen-bond donors (Lipinski definition) is 2. The van der Waals surface area contributed by atoms with Gasteiger partial charge in [0.05, 0.1) is 12.0 Å². The first-order chi connectivity index (χ1) is 9.13. The van der Waals surface area contributed by atoms with Crippen LogP contribution < -0.4 is 5.32 Å². The van der Waals surface area contributed by atoms with E-state index in [1.54, 1.807) is 0 Å². The third kappa shape index (κ3) is 3.33. The number of urea groups is 1. The number of amides is 2. The number of nitrogens with zero attached hydrogens (tertiary/aromatic N) is 1. The maximum Gasteiger partial charge on any atom is 0.327 e. The van der Waals surface area contributed by atoms with Crippen molar-refractivity contribution in [2.24, 2.45) is 5.92 Å². The molecule has 2 aliphatic rings. The van der Waals surface area contributed by atoms with Crippen molar-refractivity contribution in [3.63, 3.8) is 0 Å². The summed E-state index contributed by atoms with van der Waals surface area (Å²) in [4.78, 5) is 24.4. The highest BCUT2D eigenvalue weighted by atomic mass is 32.2. The lowest BCUT2D eigenvalue weighted by atomic mass is 10.00.